The van der Waals surface area contributed by atoms with Gasteiger partial charge in [-0.15, -0.1) is 0 Å². The third-order valence-electron chi connectivity index (χ3n) is 4.17. The first kappa shape index (κ1) is 17.6. The molecule has 0 fully saturated rings. The van der Waals surface area contributed by atoms with Gasteiger partial charge in [-0.25, -0.2) is 0 Å². The molecule has 6 heteroatoms. The van der Waals surface area contributed by atoms with Crippen LogP contribution in [-0.4, -0.2) is 23.8 Å². The summed E-state index contributed by atoms with van der Waals surface area (Å²) in [6.07, 6.45) is 2.88. The molecule has 2 aromatic carbocycles. The van der Waals surface area contributed by atoms with Gasteiger partial charge in [-0.1, -0.05) is 17.7 Å². The Bertz CT molecular complexity index is 907. The van der Waals surface area contributed by atoms with Crippen LogP contribution in [0, 0.1) is 6.92 Å². The summed E-state index contributed by atoms with van der Waals surface area (Å²) in [7, 11) is 1.68. The zero-order valence-electron chi connectivity index (χ0n) is 14.2. The molecule has 0 unspecified atom stereocenters. The predicted octanol–water partition coefficient (Wildman–Crippen LogP) is 4.67. The summed E-state index contributed by atoms with van der Waals surface area (Å²) in [6.45, 7) is 2.70. The third-order valence-corrected chi connectivity index (χ3v) is 4.83. The van der Waals surface area contributed by atoms with Gasteiger partial charge in [0.1, 0.15) is 5.75 Å². The van der Waals surface area contributed by atoms with Crippen LogP contribution in [0.5, 0.6) is 5.75 Å². The monoisotopic (exact) mass is 373 g/mol. The van der Waals surface area contributed by atoms with Crippen LogP contribution >= 0.6 is 23.8 Å². The maximum Gasteiger partial charge on any atom is 0.170 e. The highest BCUT2D eigenvalue weighted by atomic mass is 35.5. The lowest BCUT2D eigenvalue weighted by atomic mass is 10.1. The average molecular weight is 374 g/mol. The second-order valence-corrected chi connectivity index (χ2v) is 6.58. The Hall–Kier alpha value is -2.24. The SMILES string of the molecule is COc1ccc2[nH]cc(CCNC(=S)Nc3cccc(Cl)c3C)c2c1. The molecule has 4 nitrogen and oxygen atoms in total. The van der Waals surface area contributed by atoms with Crippen molar-refractivity contribution in [2.75, 3.05) is 19.0 Å². The highest BCUT2D eigenvalue weighted by Crippen LogP contribution is 2.24. The molecule has 3 N–H and O–H groups in total. The summed E-state index contributed by atoms with van der Waals surface area (Å²) in [5.74, 6) is 0.856. The van der Waals surface area contributed by atoms with E-state index in [0.717, 1.165) is 40.5 Å². The quantitative estimate of drug-likeness (QED) is 0.569. The number of thiocarbonyl (C=S) groups is 1. The minimum absolute atomic E-state index is 0.586. The van der Waals surface area contributed by atoms with Gasteiger partial charge in [0.2, 0.25) is 0 Å². The van der Waals surface area contributed by atoms with Gasteiger partial charge in [-0.05, 0) is 67.0 Å². The van der Waals surface area contributed by atoms with Crippen LogP contribution in [-0.2, 0) is 6.42 Å². The van der Waals surface area contributed by atoms with Gasteiger partial charge in [0, 0.05) is 34.4 Å². The van der Waals surface area contributed by atoms with Crippen molar-refractivity contribution in [1.29, 1.82) is 0 Å². The van der Waals surface area contributed by atoms with E-state index >= 15 is 0 Å². The van der Waals surface area contributed by atoms with Crippen LogP contribution in [0.4, 0.5) is 5.69 Å². The normalized spacial score (nSPS) is 10.7. The lowest BCUT2D eigenvalue weighted by Crippen LogP contribution is -2.30. The molecular weight excluding hydrogens is 354 g/mol. The summed E-state index contributed by atoms with van der Waals surface area (Å²) in [6, 6.07) is 11.8. The zero-order valence-corrected chi connectivity index (χ0v) is 15.7. The van der Waals surface area contributed by atoms with Crippen molar-refractivity contribution >= 4 is 45.5 Å². The van der Waals surface area contributed by atoms with Crippen LogP contribution in [0.1, 0.15) is 11.1 Å². The van der Waals surface area contributed by atoms with Gasteiger partial charge in [0.25, 0.3) is 0 Å². The average Bonchev–Trinajstić information content (AvgIpc) is 3.01. The van der Waals surface area contributed by atoms with E-state index in [4.69, 9.17) is 28.6 Å². The molecule has 1 heterocycles. The van der Waals surface area contributed by atoms with Gasteiger partial charge in [-0.2, -0.15) is 0 Å². The summed E-state index contributed by atoms with van der Waals surface area (Å²) < 4.78 is 5.31. The number of nitrogens with one attached hydrogen (secondary N) is 3. The predicted molar refractivity (Wildman–Crippen MR) is 109 cm³/mol. The van der Waals surface area contributed by atoms with Crippen molar-refractivity contribution in [3.8, 4) is 5.75 Å². The van der Waals surface area contributed by atoms with Gasteiger partial charge in [-0.3, -0.25) is 0 Å². The molecule has 25 heavy (non-hydrogen) atoms. The van der Waals surface area contributed by atoms with Gasteiger partial charge < -0.3 is 20.4 Å². The summed E-state index contributed by atoms with van der Waals surface area (Å²) in [5, 5.41) is 8.92. The highest BCUT2D eigenvalue weighted by Gasteiger charge is 2.07. The fraction of sp³-hybridized carbons (Fsp3) is 0.211. The minimum atomic E-state index is 0.586. The maximum atomic E-state index is 6.13. The van der Waals surface area contributed by atoms with E-state index in [0.29, 0.717) is 5.11 Å². The van der Waals surface area contributed by atoms with Crippen molar-refractivity contribution in [3.63, 3.8) is 0 Å². The Morgan fingerprint density at radius 2 is 2.12 bits per heavy atom. The number of aromatic amines is 1. The Morgan fingerprint density at radius 1 is 1.28 bits per heavy atom. The fourth-order valence-electron chi connectivity index (χ4n) is 2.71. The number of ether oxygens (including phenoxy) is 1. The third kappa shape index (κ3) is 4.06. The van der Waals surface area contributed by atoms with Crippen molar-refractivity contribution < 1.29 is 4.74 Å². The number of hydrogen-bond acceptors (Lipinski definition) is 2. The number of hydrogen-bond donors (Lipinski definition) is 3. The van der Waals surface area contributed by atoms with Crippen molar-refractivity contribution in [3.05, 3.63) is 58.7 Å². The van der Waals surface area contributed by atoms with Crippen LogP contribution in [0.15, 0.2) is 42.6 Å². The minimum Gasteiger partial charge on any atom is -0.497 e. The van der Waals surface area contributed by atoms with Gasteiger partial charge in [0.05, 0.1) is 7.11 Å². The van der Waals surface area contributed by atoms with Crippen molar-refractivity contribution in [2.45, 2.75) is 13.3 Å². The number of rotatable bonds is 5. The Balaban J connectivity index is 1.59. The Kier molecular flexibility index (Phi) is 5.46. The molecule has 1 aromatic heterocycles. The second kappa shape index (κ2) is 7.76. The number of H-pyrrole nitrogens is 1. The van der Waals surface area contributed by atoms with E-state index < -0.39 is 0 Å². The van der Waals surface area contributed by atoms with Crippen LogP contribution in [0.2, 0.25) is 5.02 Å². The Labute approximate surface area is 157 Å². The molecule has 0 aliphatic heterocycles. The smallest absolute Gasteiger partial charge is 0.170 e. The van der Waals surface area contributed by atoms with E-state index in [1.54, 1.807) is 7.11 Å². The molecule has 130 valence electrons. The first-order valence-corrected chi connectivity index (χ1v) is 8.81. The van der Waals surface area contributed by atoms with Crippen LogP contribution < -0.4 is 15.4 Å². The fourth-order valence-corrected chi connectivity index (χ4v) is 3.10. The summed E-state index contributed by atoms with van der Waals surface area (Å²) in [5.41, 5.74) is 4.23. The number of halogens is 1. The molecule has 0 bridgehead atoms. The van der Waals surface area contributed by atoms with E-state index in [-0.39, 0.29) is 0 Å². The number of aromatic nitrogens is 1. The zero-order chi connectivity index (χ0) is 17.8. The van der Waals surface area contributed by atoms with E-state index in [9.17, 15) is 0 Å². The first-order valence-electron chi connectivity index (χ1n) is 8.02. The lowest BCUT2D eigenvalue weighted by molar-refractivity contribution is 0.415. The standard InChI is InChI=1S/C19H20ClN3OS/c1-12-16(20)4-3-5-17(12)23-19(25)21-9-8-13-11-22-18-7-6-14(24-2)10-15(13)18/h3-7,10-11,22H,8-9H2,1-2H3,(H2,21,23,25). The van der Waals surface area contributed by atoms with E-state index in [1.807, 2.05) is 49.5 Å². The molecule has 0 aliphatic rings. The molecule has 3 rings (SSSR count). The number of methoxy groups -OCH3 is 1. The van der Waals surface area contributed by atoms with Crippen molar-refractivity contribution in [1.82, 2.24) is 10.3 Å². The largest absolute Gasteiger partial charge is 0.497 e. The molecule has 0 spiro atoms. The molecule has 3 aromatic rings. The molecule has 0 saturated heterocycles. The van der Waals surface area contributed by atoms with Crippen molar-refractivity contribution in [2.24, 2.45) is 0 Å². The van der Waals surface area contributed by atoms with E-state index in [2.05, 4.69) is 15.6 Å². The molecule has 0 radical (unpaired) electrons. The molecular formula is C19H20ClN3OS. The lowest BCUT2D eigenvalue weighted by Gasteiger charge is -2.13. The maximum absolute atomic E-state index is 6.13. The highest BCUT2D eigenvalue weighted by molar-refractivity contribution is 7.80. The van der Waals surface area contributed by atoms with Gasteiger partial charge in [0.15, 0.2) is 5.11 Å². The topological polar surface area (TPSA) is 49.1 Å². The molecule has 0 amide bonds. The van der Waals surface area contributed by atoms with Gasteiger partial charge >= 0.3 is 0 Å². The number of anilines is 1. The summed E-state index contributed by atoms with van der Waals surface area (Å²) in [4.78, 5) is 3.28. The summed E-state index contributed by atoms with van der Waals surface area (Å²) >= 11 is 11.5. The number of fused-ring (bicyclic) bond motifs is 1. The Morgan fingerprint density at radius 3 is 2.92 bits per heavy atom. The van der Waals surface area contributed by atoms with Crippen LogP contribution in [0.25, 0.3) is 10.9 Å². The van der Waals surface area contributed by atoms with E-state index in [1.165, 1.54) is 10.9 Å². The molecule has 0 atom stereocenters. The number of benzene rings is 2. The van der Waals surface area contributed by atoms with Crippen LogP contribution in [0.3, 0.4) is 0 Å². The first-order chi connectivity index (χ1) is 12.1. The molecule has 0 aliphatic carbocycles. The molecule has 0 saturated carbocycles. The second-order valence-electron chi connectivity index (χ2n) is 5.77.